The molecule has 0 unspecified atom stereocenters. The van der Waals surface area contributed by atoms with Crippen molar-refractivity contribution in [2.45, 2.75) is 0 Å². The number of nitrogens with one attached hydrogen (secondary N) is 1. The second-order valence-electron chi connectivity index (χ2n) is 5.32. The van der Waals surface area contributed by atoms with Gasteiger partial charge in [-0.25, -0.2) is 9.97 Å². The van der Waals surface area contributed by atoms with Crippen molar-refractivity contribution < 1.29 is 29.6 Å². The maximum atomic E-state index is 12.0. The van der Waals surface area contributed by atoms with Crippen LogP contribution in [-0.2, 0) is 4.79 Å². The van der Waals surface area contributed by atoms with Crippen LogP contribution < -0.4 is 10.1 Å². The lowest BCUT2D eigenvalue weighted by Crippen LogP contribution is -2.30. The summed E-state index contributed by atoms with van der Waals surface area (Å²) in [6, 6.07) is 8.85. The van der Waals surface area contributed by atoms with Gasteiger partial charge in [-0.2, -0.15) is 0 Å². The predicted octanol–water partition coefficient (Wildman–Crippen LogP) is 2.30. The highest BCUT2D eigenvalue weighted by atomic mass is 35.5. The Labute approximate surface area is 156 Å². The molecule has 138 valence electrons. The minimum atomic E-state index is -1.24. The number of rotatable bonds is 5. The number of amides is 1. The van der Waals surface area contributed by atoms with Gasteiger partial charge in [0.05, 0.1) is 0 Å². The molecule has 0 bridgehead atoms. The number of halogens is 1. The van der Waals surface area contributed by atoms with Crippen LogP contribution in [0.25, 0.3) is 10.9 Å². The van der Waals surface area contributed by atoms with E-state index in [4.69, 9.17) is 21.4 Å². The van der Waals surface area contributed by atoms with Crippen LogP contribution in [0.4, 0.5) is 0 Å². The van der Waals surface area contributed by atoms with Crippen molar-refractivity contribution in [3.8, 4) is 23.1 Å². The van der Waals surface area contributed by atoms with Gasteiger partial charge in [0.2, 0.25) is 5.88 Å². The highest BCUT2D eigenvalue weighted by Gasteiger charge is 2.20. The summed E-state index contributed by atoms with van der Waals surface area (Å²) in [5.41, 5.74) is -0.317. The molecule has 3 aromatic rings. The lowest BCUT2D eigenvalue weighted by Gasteiger charge is -2.10. The Bertz CT molecular complexity index is 1040. The number of carbonyl (C=O) groups is 2. The molecule has 0 radical (unpaired) electrons. The van der Waals surface area contributed by atoms with Crippen molar-refractivity contribution in [1.29, 1.82) is 0 Å². The van der Waals surface area contributed by atoms with Gasteiger partial charge in [0.1, 0.15) is 23.6 Å². The summed E-state index contributed by atoms with van der Waals surface area (Å²) in [5, 5.41) is 30.2. The molecule has 0 aliphatic rings. The summed E-state index contributed by atoms with van der Waals surface area (Å²) in [5.74, 6) is -1.96. The topological polar surface area (TPSA) is 142 Å². The summed E-state index contributed by atoms with van der Waals surface area (Å²) < 4.78 is 5.54. The number of carboxylic acids is 1. The molecule has 1 amide bonds. The number of hydrogen-bond donors (Lipinski definition) is 4. The quantitative estimate of drug-likeness (QED) is 0.487. The molecule has 4 N–H and O–H groups in total. The van der Waals surface area contributed by atoms with Crippen molar-refractivity contribution >= 4 is 34.4 Å². The number of aliphatic carboxylic acids is 1. The maximum absolute atomic E-state index is 12.0. The summed E-state index contributed by atoms with van der Waals surface area (Å²) in [6.07, 6.45) is 0. The van der Waals surface area contributed by atoms with Gasteiger partial charge in [-0.1, -0.05) is 11.6 Å². The molecular weight excluding hydrogens is 378 g/mol. The number of carbonyl (C=O) groups excluding carboxylic acids is 1. The van der Waals surface area contributed by atoms with Crippen LogP contribution >= 0.6 is 11.6 Å². The van der Waals surface area contributed by atoms with Crippen molar-refractivity contribution in [3.05, 3.63) is 47.2 Å². The Kier molecular flexibility index (Phi) is 4.95. The van der Waals surface area contributed by atoms with E-state index in [2.05, 4.69) is 15.3 Å². The van der Waals surface area contributed by atoms with E-state index in [9.17, 15) is 19.8 Å². The summed E-state index contributed by atoms with van der Waals surface area (Å²) >= 11 is 6.07. The first kappa shape index (κ1) is 18.2. The Balaban J connectivity index is 1.94. The molecular formula is C17H12ClN3O6. The van der Waals surface area contributed by atoms with Crippen molar-refractivity contribution in [2.75, 3.05) is 6.54 Å². The van der Waals surface area contributed by atoms with Gasteiger partial charge in [-0.3, -0.25) is 9.59 Å². The third-order valence-electron chi connectivity index (χ3n) is 3.43. The highest BCUT2D eigenvalue weighted by Crippen LogP contribution is 2.33. The fourth-order valence-corrected chi connectivity index (χ4v) is 2.44. The first-order chi connectivity index (χ1) is 12.8. The first-order valence-electron chi connectivity index (χ1n) is 7.51. The van der Waals surface area contributed by atoms with Crippen LogP contribution in [0.2, 0.25) is 5.15 Å². The molecule has 0 saturated heterocycles. The number of hydrogen-bond acceptors (Lipinski definition) is 7. The predicted molar refractivity (Wildman–Crippen MR) is 94.4 cm³/mol. The number of phenols is 1. The largest absolute Gasteiger partial charge is 0.508 e. The van der Waals surface area contributed by atoms with Crippen LogP contribution in [0.15, 0.2) is 36.4 Å². The highest BCUT2D eigenvalue weighted by molar-refractivity contribution is 6.34. The number of pyridine rings is 2. The molecule has 0 aliphatic carbocycles. The van der Waals surface area contributed by atoms with Crippen LogP contribution in [0.5, 0.6) is 23.1 Å². The average molecular weight is 390 g/mol. The summed E-state index contributed by atoms with van der Waals surface area (Å²) in [6.45, 7) is -0.632. The molecule has 27 heavy (non-hydrogen) atoms. The number of aromatic nitrogens is 2. The second kappa shape index (κ2) is 7.34. The summed E-state index contributed by atoms with van der Waals surface area (Å²) in [4.78, 5) is 30.5. The zero-order chi connectivity index (χ0) is 19.6. The van der Waals surface area contributed by atoms with Gasteiger partial charge in [0.25, 0.3) is 5.91 Å². The third kappa shape index (κ3) is 3.98. The van der Waals surface area contributed by atoms with Crippen LogP contribution in [-0.4, -0.2) is 43.7 Å². The number of nitrogens with zero attached hydrogens (tertiary/aromatic N) is 2. The van der Waals surface area contributed by atoms with Gasteiger partial charge >= 0.3 is 5.97 Å². The molecule has 2 heterocycles. The molecule has 1 aromatic carbocycles. The van der Waals surface area contributed by atoms with E-state index in [-0.39, 0.29) is 27.7 Å². The van der Waals surface area contributed by atoms with Crippen molar-refractivity contribution in [1.82, 2.24) is 15.3 Å². The lowest BCUT2D eigenvalue weighted by molar-refractivity contribution is -0.135. The van der Waals surface area contributed by atoms with E-state index in [1.165, 1.54) is 36.4 Å². The van der Waals surface area contributed by atoms with Crippen molar-refractivity contribution in [3.63, 3.8) is 0 Å². The smallest absolute Gasteiger partial charge is 0.322 e. The fraction of sp³-hybridized carbons (Fsp3) is 0.0588. The molecule has 0 spiro atoms. The SMILES string of the molecule is O=C(O)CNC(=O)c1nc(Cl)c2nc(Oc3ccc(O)cc3)ccc2c1O. The van der Waals surface area contributed by atoms with Crippen LogP contribution in [0, 0.1) is 0 Å². The molecule has 0 aliphatic heterocycles. The zero-order valence-corrected chi connectivity index (χ0v) is 14.3. The van der Waals surface area contributed by atoms with E-state index < -0.39 is 29.9 Å². The Morgan fingerprint density at radius 3 is 2.44 bits per heavy atom. The van der Waals surface area contributed by atoms with Gasteiger partial charge in [-0.05, 0) is 30.3 Å². The fourth-order valence-electron chi connectivity index (χ4n) is 2.21. The van der Waals surface area contributed by atoms with Crippen LogP contribution in [0.3, 0.4) is 0 Å². The minimum absolute atomic E-state index is 0.0830. The van der Waals surface area contributed by atoms with E-state index in [1.807, 2.05) is 0 Å². The van der Waals surface area contributed by atoms with Crippen LogP contribution in [0.1, 0.15) is 10.5 Å². The standard InChI is InChI=1S/C17H12ClN3O6/c18-16-13-10(15(25)14(21-16)17(26)19-7-12(23)24)5-6-11(20-13)27-9-3-1-8(22)2-4-9/h1-6,22,25H,7H2,(H,19,26)(H,23,24). The van der Waals surface area contributed by atoms with E-state index in [1.54, 1.807) is 0 Å². The Morgan fingerprint density at radius 1 is 1.07 bits per heavy atom. The molecule has 0 fully saturated rings. The average Bonchev–Trinajstić information content (AvgIpc) is 2.64. The molecule has 0 saturated carbocycles. The monoisotopic (exact) mass is 389 g/mol. The zero-order valence-electron chi connectivity index (χ0n) is 13.5. The van der Waals surface area contributed by atoms with Gasteiger partial charge < -0.3 is 25.4 Å². The van der Waals surface area contributed by atoms with Gasteiger partial charge in [0.15, 0.2) is 16.6 Å². The molecule has 2 aromatic heterocycles. The third-order valence-corrected chi connectivity index (χ3v) is 3.69. The maximum Gasteiger partial charge on any atom is 0.322 e. The molecule has 9 nitrogen and oxygen atoms in total. The molecule has 10 heteroatoms. The van der Waals surface area contributed by atoms with Gasteiger partial charge in [0, 0.05) is 11.5 Å². The molecule has 3 rings (SSSR count). The number of aromatic hydroxyl groups is 2. The minimum Gasteiger partial charge on any atom is -0.508 e. The van der Waals surface area contributed by atoms with E-state index in [0.29, 0.717) is 5.75 Å². The van der Waals surface area contributed by atoms with E-state index >= 15 is 0 Å². The summed E-state index contributed by atoms with van der Waals surface area (Å²) in [7, 11) is 0. The lowest BCUT2D eigenvalue weighted by atomic mass is 10.2. The Morgan fingerprint density at radius 2 is 1.78 bits per heavy atom. The number of ether oxygens (including phenoxy) is 1. The number of carboxylic acid groups (broad SMARTS) is 1. The number of fused-ring (bicyclic) bond motifs is 1. The first-order valence-corrected chi connectivity index (χ1v) is 7.89. The Hall–Kier alpha value is -3.59. The number of benzene rings is 1. The van der Waals surface area contributed by atoms with Gasteiger partial charge in [-0.15, -0.1) is 0 Å². The second-order valence-corrected chi connectivity index (χ2v) is 5.68. The van der Waals surface area contributed by atoms with E-state index in [0.717, 1.165) is 0 Å². The number of phenolic OH excluding ortho intramolecular Hbond substituents is 1. The molecule has 0 atom stereocenters. The normalized spacial score (nSPS) is 10.6. The van der Waals surface area contributed by atoms with Crippen molar-refractivity contribution in [2.24, 2.45) is 0 Å².